The molecule has 0 spiro atoms. The third-order valence-corrected chi connectivity index (χ3v) is 4.07. The van der Waals surface area contributed by atoms with Gasteiger partial charge in [-0.25, -0.2) is 4.98 Å². The van der Waals surface area contributed by atoms with Gasteiger partial charge in [0.05, 0.1) is 17.7 Å². The second-order valence-corrected chi connectivity index (χ2v) is 6.16. The van der Waals surface area contributed by atoms with Crippen molar-refractivity contribution in [2.24, 2.45) is 0 Å². The molecule has 3 rings (SSSR count). The summed E-state index contributed by atoms with van der Waals surface area (Å²) in [4.78, 5) is 16.4. The van der Waals surface area contributed by atoms with Gasteiger partial charge in [0.1, 0.15) is 23.4 Å². The zero-order valence-electron chi connectivity index (χ0n) is 16.1. The number of para-hydroxylation sites is 1. The summed E-state index contributed by atoms with van der Waals surface area (Å²) in [6.45, 7) is 3.25. The van der Waals surface area contributed by atoms with Crippen LogP contribution in [0.15, 0.2) is 54.6 Å². The minimum Gasteiger partial charge on any atom is -0.494 e. The molecule has 0 aliphatic carbocycles. The summed E-state index contributed by atoms with van der Waals surface area (Å²) in [6.07, 6.45) is 0. The molecule has 1 amide bonds. The molecular weight excluding hydrogens is 368 g/mol. The number of anilines is 1. The van der Waals surface area contributed by atoms with Crippen molar-refractivity contribution in [2.75, 3.05) is 31.6 Å². The molecule has 3 aromatic rings. The van der Waals surface area contributed by atoms with Crippen LogP contribution in [0, 0.1) is 11.3 Å². The number of carbonyl (C=O) groups excluding carboxylic acids is 1. The Morgan fingerprint density at radius 3 is 2.66 bits per heavy atom. The molecule has 1 heterocycles. The molecule has 2 N–H and O–H groups in total. The van der Waals surface area contributed by atoms with Gasteiger partial charge in [0.2, 0.25) is 0 Å². The van der Waals surface area contributed by atoms with E-state index >= 15 is 0 Å². The van der Waals surface area contributed by atoms with Crippen molar-refractivity contribution in [3.05, 3.63) is 60.2 Å². The van der Waals surface area contributed by atoms with E-state index in [2.05, 4.69) is 21.7 Å². The highest BCUT2D eigenvalue weighted by molar-refractivity contribution is 5.84. The zero-order chi connectivity index (χ0) is 20.5. The Morgan fingerprint density at radius 2 is 1.90 bits per heavy atom. The number of carbonyl (C=O) groups is 1. The monoisotopic (exact) mass is 390 g/mol. The van der Waals surface area contributed by atoms with E-state index in [9.17, 15) is 10.1 Å². The summed E-state index contributed by atoms with van der Waals surface area (Å²) in [5, 5.41) is 16.1. The van der Waals surface area contributed by atoms with Crippen LogP contribution in [0.25, 0.3) is 10.9 Å². The lowest BCUT2D eigenvalue weighted by atomic mass is 10.1. The molecule has 0 atom stereocenters. The van der Waals surface area contributed by atoms with Crippen molar-refractivity contribution >= 4 is 22.6 Å². The van der Waals surface area contributed by atoms with E-state index in [1.54, 1.807) is 18.2 Å². The van der Waals surface area contributed by atoms with Crippen LogP contribution in [0.4, 0.5) is 5.82 Å². The summed E-state index contributed by atoms with van der Waals surface area (Å²) in [5.74, 6) is 1.66. The highest BCUT2D eigenvalue weighted by Crippen LogP contribution is 2.24. The number of aromatic nitrogens is 1. The van der Waals surface area contributed by atoms with E-state index < -0.39 is 0 Å². The number of hydrogen-bond donors (Lipinski definition) is 2. The third-order valence-electron chi connectivity index (χ3n) is 4.07. The summed E-state index contributed by atoms with van der Waals surface area (Å²) in [5.41, 5.74) is 1.19. The summed E-state index contributed by atoms with van der Waals surface area (Å²) in [7, 11) is 0. The summed E-state index contributed by atoms with van der Waals surface area (Å²) >= 11 is 0. The fourth-order valence-electron chi connectivity index (χ4n) is 2.73. The van der Waals surface area contributed by atoms with Gasteiger partial charge in [0.15, 0.2) is 6.61 Å². The quantitative estimate of drug-likeness (QED) is 0.545. The standard InChI is InChI=1S/C22H22N4O3/c1-2-28-19-8-9-20-16(13-19)12-17(14-23)22(26-20)25-11-10-24-21(27)15-29-18-6-4-3-5-7-18/h3-9,12-13H,2,10-11,15H2,1H3,(H,24,27)(H,25,26). The Balaban J connectivity index is 1.52. The molecule has 0 radical (unpaired) electrons. The van der Waals surface area contributed by atoms with Crippen molar-refractivity contribution in [1.29, 1.82) is 5.26 Å². The number of ether oxygens (including phenoxy) is 2. The molecule has 0 aliphatic heterocycles. The number of hydrogen-bond acceptors (Lipinski definition) is 6. The van der Waals surface area contributed by atoms with Crippen LogP contribution in [0.2, 0.25) is 0 Å². The van der Waals surface area contributed by atoms with E-state index in [-0.39, 0.29) is 12.5 Å². The van der Waals surface area contributed by atoms with Crippen molar-refractivity contribution in [3.63, 3.8) is 0 Å². The Bertz CT molecular complexity index is 1020. The van der Waals surface area contributed by atoms with Gasteiger partial charge in [-0.3, -0.25) is 4.79 Å². The van der Waals surface area contributed by atoms with Gasteiger partial charge in [-0.05, 0) is 43.3 Å². The molecule has 0 aliphatic rings. The number of nitrogens with one attached hydrogen (secondary N) is 2. The van der Waals surface area contributed by atoms with Gasteiger partial charge in [-0.2, -0.15) is 5.26 Å². The van der Waals surface area contributed by atoms with Gasteiger partial charge < -0.3 is 20.1 Å². The van der Waals surface area contributed by atoms with Crippen molar-refractivity contribution in [2.45, 2.75) is 6.92 Å². The Kier molecular flexibility index (Phi) is 6.85. The van der Waals surface area contributed by atoms with Crippen LogP contribution >= 0.6 is 0 Å². The molecule has 0 saturated carbocycles. The van der Waals surface area contributed by atoms with E-state index in [4.69, 9.17) is 9.47 Å². The lowest BCUT2D eigenvalue weighted by molar-refractivity contribution is -0.123. The molecular formula is C22H22N4O3. The van der Waals surface area contributed by atoms with Gasteiger partial charge in [-0.1, -0.05) is 18.2 Å². The van der Waals surface area contributed by atoms with Crippen LogP contribution in [0.3, 0.4) is 0 Å². The highest BCUT2D eigenvalue weighted by Gasteiger charge is 2.08. The molecule has 148 valence electrons. The minimum atomic E-state index is -0.217. The normalized spacial score (nSPS) is 10.2. The average molecular weight is 390 g/mol. The van der Waals surface area contributed by atoms with Gasteiger partial charge in [-0.15, -0.1) is 0 Å². The van der Waals surface area contributed by atoms with Crippen molar-refractivity contribution in [1.82, 2.24) is 10.3 Å². The molecule has 0 fully saturated rings. The predicted molar refractivity (Wildman–Crippen MR) is 111 cm³/mol. The second kappa shape index (κ2) is 9.95. The molecule has 0 unspecified atom stereocenters. The smallest absolute Gasteiger partial charge is 0.258 e. The first-order valence-corrected chi connectivity index (χ1v) is 9.35. The van der Waals surface area contributed by atoms with Crippen LogP contribution in [-0.2, 0) is 4.79 Å². The predicted octanol–water partition coefficient (Wildman–Crippen LogP) is 3.11. The minimum absolute atomic E-state index is 0.0517. The van der Waals surface area contributed by atoms with Crippen molar-refractivity contribution in [3.8, 4) is 17.6 Å². The topological polar surface area (TPSA) is 96.3 Å². The van der Waals surface area contributed by atoms with E-state index in [0.717, 1.165) is 16.7 Å². The maximum absolute atomic E-state index is 11.9. The maximum Gasteiger partial charge on any atom is 0.258 e. The molecule has 1 aromatic heterocycles. The molecule has 7 nitrogen and oxygen atoms in total. The maximum atomic E-state index is 11.9. The Morgan fingerprint density at radius 1 is 1.07 bits per heavy atom. The first kappa shape index (κ1) is 20.0. The first-order chi connectivity index (χ1) is 14.2. The lowest BCUT2D eigenvalue weighted by Crippen LogP contribution is -2.32. The fraction of sp³-hybridized carbons (Fsp3) is 0.227. The molecule has 7 heteroatoms. The fourth-order valence-corrected chi connectivity index (χ4v) is 2.73. The Hall–Kier alpha value is -3.79. The van der Waals surface area contributed by atoms with Gasteiger partial charge >= 0.3 is 0 Å². The van der Waals surface area contributed by atoms with E-state index in [0.29, 0.717) is 36.8 Å². The number of fused-ring (bicyclic) bond motifs is 1. The molecule has 29 heavy (non-hydrogen) atoms. The molecule has 2 aromatic carbocycles. The van der Waals surface area contributed by atoms with E-state index in [1.807, 2.05) is 43.3 Å². The zero-order valence-corrected chi connectivity index (χ0v) is 16.1. The van der Waals surface area contributed by atoms with Gasteiger partial charge in [0, 0.05) is 18.5 Å². The van der Waals surface area contributed by atoms with Crippen LogP contribution in [-0.4, -0.2) is 37.2 Å². The molecule has 0 saturated heterocycles. The first-order valence-electron chi connectivity index (χ1n) is 9.35. The van der Waals surface area contributed by atoms with E-state index in [1.165, 1.54) is 0 Å². The number of benzene rings is 2. The number of pyridine rings is 1. The lowest BCUT2D eigenvalue weighted by Gasteiger charge is -2.11. The van der Waals surface area contributed by atoms with Crippen molar-refractivity contribution < 1.29 is 14.3 Å². The summed E-state index contributed by atoms with van der Waals surface area (Å²) in [6, 6.07) is 18.7. The average Bonchev–Trinajstić information content (AvgIpc) is 2.75. The number of rotatable bonds is 9. The third kappa shape index (κ3) is 5.59. The molecule has 0 bridgehead atoms. The van der Waals surface area contributed by atoms with Crippen LogP contribution in [0.5, 0.6) is 11.5 Å². The number of nitriles is 1. The SMILES string of the molecule is CCOc1ccc2nc(NCCNC(=O)COc3ccccc3)c(C#N)cc2c1. The number of nitrogens with zero attached hydrogens (tertiary/aromatic N) is 2. The highest BCUT2D eigenvalue weighted by atomic mass is 16.5. The van der Waals surface area contributed by atoms with Gasteiger partial charge in [0.25, 0.3) is 5.91 Å². The summed E-state index contributed by atoms with van der Waals surface area (Å²) < 4.78 is 10.9. The largest absolute Gasteiger partial charge is 0.494 e. The second-order valence-electron chi connectivity index (χ2n) is 6.16. The van der Waals surface area contributed by atoms with Crippen LogP contribution in [0.1, 0.15) is 12.5 Å². The van der Waals surface area contributed by atoms with Crippen LogP contribution < -0.4 is 20.1 Å². The Labute approximate surface area is 169 Å². The number of amides is 1.